The minimum Gasteiger partial charge on any atom is -0.286 e. The van der Waals surface area contributed by atoms with Crippen LogP contribution in [-0.4, -0.2) is 22.1 Å². The smallest absolute Gasteiger partial charge is 0.286 e. The van der Waals surface area contributed by atoms with Crippen LogP contribution in [0.1, 0.15) is 51.4 Å². The molecule has 1 fully saturated rings. The van der Waals surface area contributed by atoms with Gasteiger partial charge in [0.15, 0.2) is 0 Å². The molecule has 1 aliphatic rings. The predicted molar refractivity (Wildman–Crippen MR) is 84.8 cm³/mol. The Morgan fingerprint density at radius 1 is 1.05 bits per heavy atom. The zero-order valence-corrected chi connectivity index (χ0v) is 13.0. The Balaban J connectivity index is 1.90. The molecule has 1 rings (SSSR count). The highest BCUT2D eigenvalue weighted by Gasteiger charge is 2.30. The Labute approximate surface area is 125 Å². The molecule has 0 aromatic rings. The molecule has 1 heterocycles. The highest BCUT2D eigenvalue weighted by atomic mass is 32.2. The van der Waals surface area contributed by atoms with Gasteiger partial charge in [-0.2, -0.15) is 12.6 Å². The summed E-state index contributed by atoms with van der Waals surface area (Å²) in [5, 5.41) is 1.98. The van der Waals surface area contributed by atoms with E-state index in [4.69, 9.17) is 0 Å². The predicted octanol–water partition coefficient (Wildman–Crippen LogP) is 3.94. The lowest BCUT2D eigenvalue weighted by atomic mass is 10.1. The van der Waals surface area contributed by atoms with Gasteiger partial charge in [0, 0.05) is 0 Å². The van der Waals surface area contributed by atoms with Crippen molar-refractivity contribution < 1.29 is 9.59 Å². The van der Waals surface area contributed by atoms with E-state index in [0.717, 1.165) is 56.0 Å². The summed E-state index contributed by atoms with van der Waals surface area (Å²) < 4.78 is 0. The van der Waals surface area contributed by atoms with Crippen molar-refractivity contribution in [1.82, 2.24) is 5.32 Å². The lowest BCUT2D eigenvalue weighted by molar-refractivity contribution is -0.119. The number of carbonyl (C=O) groups is 2. The fourth-order valence-electron chi connectivity index (χ4n) is 1.97. The number of hydrogen-bond acceptors (Lipinski definition) is 4. The van der Waals surface area contributed by atoms with Crippen molar-refractivity contribution in [2.45, 2.75) is 56.6 Å². The van der Waals surface area contributed by atoms with Crippen LogP contribution in [0.3, 0.4) is 0 Å². The van der Waals surface area contributed by atoms with Gasteiger partial charge in [0.1, 0.15) is 0 Å². The first-order valence-electron chi connectivity index (χ1n) is 7.01. The molecule has 0 radical (unpaired) electrons. The SMILES string of the molecule is O=C1NC(=O)C(CCCCCC/C=C\CCCS)S1. The first kappa shape index (κ1) is 16.6. The Morgan fingerprint density at radius 3 is 2.37 bits per heavy atom. The van der Waals surface area contributed by atoms with Gasteiger partial charge in [-0.1, -0.05) is 43.2 Å². The summed E-state index contributed by atoms with van der Waals surface area (Å²) in [6, 6.07) is 0. The molecule has 1 atom stereocenters. The van der Waals surface area contributed by atoms with E-state index in [2.05, 4.69) is 30.1 Å². The van der Waals surface area contributed by atoms with Crippen LogP contribution >= 0.6 is 24.4 Å². The molecule has 1 N–H and O–H groups in total. The summed E-state index contributed by atoms with van der Waals surface area (Å²) in [5.74, 6) is 0.849. The molecule has 5 heteroatoms. The third-order valence-corrected chi connectivity index (χ3v) is 4.42. The fourth-order valence-corrected chi connectivity index (χ4v) is 3.02. The van der Waals surface area contributed by atoms with Crippen LogP contribution < -0.4 is 5.32 Å². The summed E-state index contributed by atoms with van der Waals surface area (Å²) in [6.45, 7) is 0. The summed E-state index contributed by atoms with van der Waals surface area (Å²) in [7, 11) is 0. The van der Waals surface area contributed by atoms with Gasteiger partial charge in [-0.3, -0.25) is 14.9 Å². The minimum absolute atomic E-state index is 0.109. The first-order chi connectivity index (χ1) is 9.24. The maximum Gasteiger partial charge on any atom is 0.286 e. The van der Waals surface area contributed by atoms with Crippen molar-refractivity contribution in [3.05, 3.63) is 12.2 Å². The molecule has 2 amide bonds. The van der Waals surface area contributed by atoms with Crippen LogP contribution in [0.25, 0.3) is 0 Å². The second-order valence-electron chi connectivity index (χ2n) is 4.71. The van der Waals surface area contributed by atoms with E-state index >= 15 is 0 Å². The van der Waals surface area contributed by atoms with Crippen LogP contribution in [0.4, 0.5) is 4.79 Å². The van der Waals surface area contributed by atoms with Crippen LogP contribution in [0.2, 0.25) is 0 Å². The van der Waals surface area contributed by atoms with E-state index in [1.54, 1.807) is 0 Å². The van der Waals surface area contributed by atoms with E-state index in [1.165, 1.54) is 12.8 Å². The number of carbonyl (C=O) groups excluding carboxylic acids is 2. The fraction of sp³-hybridized carbons (Fsp3) is 0.714. The highest BCUT2D eigenvalue weighted by molar-refractivity contribution is 8.15. The molecule has 0 bridgehead atoms. The first-order valence-corrected chi connectivity index (χ1v) is 8.52. The zero-order valence-electron chi connectivity index (χ0n) is 11.3. The molecule has 1 unspecified atom stereocenters. The van der Waals surface area contributed by atoms with Gasteiger partial charge in [-0.15, -0.1) is 0 Å². The Kier molecular flexibility index (Phi) is 9.08. The number of imide groups is 1. The topological polar surface area (TPSA) is 46.2 Å². The van der Waals surface area contributed by atoms with Gasteiger partial charge in [0.05, 0.1) is 5.25 Å². The van der Waals surface area contributed by atoms with Crippen LogP contribution in [0.15, 0.2) is 12.2 Å². The summed E-state index contributed by atoms with van der Waals surface area (Å²) in [6.07, 6.45) is 13.3. The number of nitrogens with one attached hydrogen (secondary N) is 1. The summed E-state index contributed by atoms with van der Waals surface area (Å²) >= 11 is 5.30. The van der Waals surface area contributed by atoms with Crippen molar-refractivity contribution in [1.29, 1.82) is 0 Å². The van der Waals surface area contributed by atoms with E-state index < -0.39 is 0 Å². The number of amides is 2. The van der Waals surface area contributed by atoms with Gasteiger partial charge in [0.25, 0.3) is 5.24 Å². The van der Waals surface area contributed by atoms with Gasteiger partial charge >= 0.3 is 0 Å². The van der Waals surface area contributed by atoms with Crippen LogP contribution in [0, 0.1) is 0 Å². The highest BCUT2D eigenvalue weighted by Crippen LogP contribution is 2.24. The average molecular weight is 301 g/mol. The van der Waals surface area contributed by atoms with E-state index in [-0.39, 0.29) is 16.4 Å². The molecule has 1 aliphatic heterocycles. The molecule has 0 aliphatic carbocycles. The van der Waals surface area contributed by atoms with E-state index in [1.807, 2.05) is 0 Å². The largest absolute Gasteiger partial charge is 0.286 e. The maximum absolute atomic E-state index is 11.3. The molecule has 3 nitrogen and oxygen atoms in total. The number of rotatable bonds is 10. The lowest BCUT2D eigenvalue weighted by Gasteiger charge is -2.04. The van der Waals surface area contributed by atoms with Gasteiger partial charge < -0.3 is 0 Å². The molecular weight excluding hydrogens is 278 g/mol. The molecule has 0 saturated carbocycles. The quantitative estimate of drug-likeness (QED) is 0.365. The third-order valence-electron chi connectivity index (χ3n) is 3.05. The molecule has 0 spiro atoms. The normalized spacial score (nSPS) is 19.3. The lowest BCUT2D eigenvalue weighted by Crippen LogP contribution is -2.23. The number of thioether (sulfide) groups is 1. The van der Waals surface area contributed by atoms with Crippen molar-refractivity contribution in [3.63, 3.8) is 0 Å². The zero-order chi connectivity index (χ0) is 13.9. The molecular formula is C14H23NO2S2. The number of thiol groups is 1. The molecule has 108 valence electrons. The second kappa shape index (κ2) is 10.4. The van der Waals surface area contributed by atoms with Crippen molar-refractivity contribution in [2.24, 2.45) is 0 Å². The van der Waals surface area contributed by atoms with Crippen LogP contribution in [-0.2, 0) is 4.79 Å². The van der Waals surface area contributed by atoms with Gasteiger partial charge in [-0.05, 0) is 37.9 Å². The van der Waals surface area contributed by atoms with Crippen LogP contribution in [0.5, 0.6) is 0 Å². The molecule has 0 aromatic carbocycles. The van der Waals surface area contributed by atoms with Gasteiger partial charge in [0.2, 0.25) is 5.91 Å². The van der Waals surface area contributed by atoms with E-state index in [9.17, 15) is 9.59 Å². The van der Waals surface area contributed by atoms with Crippen molar-refractivity contribution in [2.75, 3.05) is 5.75 Å². The number of allylic oxidation sites excluding steroid dienone is 2. The summed E-state index contributed by atoms with van der Waals surface area (Å²) in [5.41, 5.74) is 0. The molecule has 0 aromatic heterocycles. The van der Waals surface area contributed by atoms with Gasteiger partial charge in [-0.25, -0.2) is 0 Å². The summed E-state index contributed by atoms with van der Waals surface area (Å²) in [4.78, 5) is 22.3. The standard InChI is InChI=1S/C14H23NO2S2/c16-13-12(19-14(17)15-13)10-8-6-4-2-1-3-5-7-9-11-18/h3,5,12,18H,1-2,4,6-11H2,(H,15,16,17)/b5-3-. The van der Waals surface area contributed by atoms with Crippen molar-refractivity contribution in [3.8, 4) is 0 Å². The third kappa shape index (κ3) is 7.67. The van der Waals surface area contributed by atoms with Crippen molar-refractivity contribution >= 4 is 35.5 Å². The Hall–Kier alpha value is -0.420. The minimum atomic E-state index is -0.193. The molecule has 19 heavy (non-hydrogen) atoms. The monoisotopic (exact) mass is 301 g/mol. The number of unbranched alkanes of at least 4 members (excludes halogenated alkanes) is 5. The second-order valence-corrected chi connectivity index (χ2v) is 6.33. The Bertz CT molecular complexity index is 319. The van der Waals surface area contributed by atoms with E-state index in [0.29, 0.717) is 0 Å². The number of hydrogen-bond donors (Lipinski definition) is 2. The molecule has 1 saturated heterocycles. The maximum atomic E-state index is 11.3. The Morgan fingerprint density at radius 2 is 1.74 bits per heavy atom. The average Bonchev–Trinajstić information content (AvgIpc) is 2.70.